The Bertz CT molecular complexity index is 261. The van der Waals surface area contributed by atoms with E-state index in [1.807, 2.05) is 0 Å². The van der Waals surface area contributed by atoms with Crippen molar-refractivity contribution in [3.63, 3.8) is 0 Å². The number of aromatic nitrogens is 2. The number of hydrogen-bond donors (Lipinski definition) is 0. The van der Waals surface area contributed by atoms with Crippen molar-refractivity contribution in [2.75, 3.05) is 0 Å². The molecule has 1 aromatic heterocycles. The summed E-state index contributed by atoms with van der Waals surface area (Å²) in [7, 11) is 0. The largest absolute Gasteiger partial charge is 0.270 e. The zero-order valence-electron chi connectivity index (χ0n) is 6.63. The van der Waals surface area contributed by atoms with E-state index in [1.54, 1.807) is 0 Å². The summed E-state index contributed by atoms with van der Waals surface area (Å²) in [6, 6.07) is 0. The Labute approximate surface area is 94.0 Å². The second kappa shape index (κ2) is 3.65. The molecule has 1 fully saturated rings. The maximum atomic E-state index is 4.39. The van der Waals surface area contributed by atoms with Crippen LogP contribution < -0.4 is 0 Å². The summed E-state index contributed by atoms with van der Waals surface area (Å²) in [6.07, 6.45) is 6.24. The second-order valence-corrected chi connectivity index (χ2v) is 5.16. The minimum Gasteiger partial charge on any atom is -0.270 e. The molecule has 12 heavy (non-hydrogen) atoms. The topological polar surface area (TPSA) is 17.8 Å². The summed E-state index contributed by atoms with van der Waals surface area (Å²) in [4.78, 5) is 0. The van der Waals surface area contributed by atoms with E-state index in [0.29, 0.717) is 0 Å². The van der Waals surface area contributed by atoms with Crippen molar-refractivity contribution in [2.45, 2.75) is 25.8 Å². The number of halogens is 2. The van der Waals surface area contributed by atoms with Crippen LogP contribution in [0.4, 0.5) is 0 Å². The summed E-state index contributed by atoms with van der Waals surface area (Å²) >= 11 is 5.70. The molecule has 0 saturated heterocycles. The normalized spacial score (nSPS) is 17.8. The van der Waals surface area contributed by atoms with Crippen molar-refractivity contribution in [2.24, 2.45) is 5.92 Å². The van der Waals surface area contributed by atoms with Gasteiger partial charge in [0.1, 0.15) is 3.70 Å². The Morgan fingerprint density at radius 1 is 1.67 bits per heavy atom. The molecule has 0 aliphatic heterocycles. The van der Waals surface area contributed by atoms with E-state index in [0.717, 1.165) is 20.6 Å². The van der Waals surface area contributed by atoms with Gasteiger partial charge in [0.15, 0.2) is 0 Å². The van der Waals surface area contributed by atoms with Gasteiger partial charge in [0.05, 0.1) is 4.47 Å². The Kier molecular flexibility index (Phi) is 2.74. The first-order valence-corrected chi connectivity index (χ1v) is 6.01. The number of rotatable bonds is 2. The molecule has 0 spiro atoms. The third kappa shape index (κ3) is 1.84. The zero-order valence-corrected chi connectivity index (χ0v) is 10.4. The summed E-state index contributed by atoms with van der Waals surface area (Å²) in [5.41, 5.74) is 0. The smallest absolute Gasteiger partial charge is 0.137 e. The molecule has 0 radical (unpaired) electrons. The average molecular weight is 341 g/mol. The van der Waals surface area contributed by atoms with Gasteiger partial charge in [-0.1, -0.05) is 6.42 Å². The van der Waals surface area contributed by atoms with Crippen molar-refractivity contribution < 1.29 is 0 Å². The molecule has 1 aromatic rings. The van der Waals surface area contributed by atoms with Gasteiger partial charge in [0.25, 0.3) is 0 Å². The molecular formula is C8H10BrIN2. The highest BCUT2D eigenvalue weighted by Gasteiger charge is 2.18. The van der Waals surface area contributed by atoms with Crippen molar-refractivity contribution in [3.8, 4) is 0 Å². The monoisotopic (exact) mass is 340 g/mol. The maximum Gasteiger partial charge on any atom is 0.137 e. The van der Waals surface area contributed by atoms with Gasteiger partial charge in [-0.25, -0.2) is 0 Å². The van der Waals surface area contributed by atoms with Crippen LogP contribution in [0, 0.1) is 9.62 Å². The molecule has 4 heteroatoms. The lowest BCUT2D eigenvalue weighted by Crippen LogP contribution is -2.18. The predicted molar refractivity (Wildman–Crippen MR) is 60.0 cm³/mol. The molecule has 1 aliphatic rings. The van der Waals surface area contributed by atoms with Gasteiger partial charge in [-0.3, -0.25) is 4.68 Å². The lowest BCUT2D eigenvalue weighted by atomic mass is 9.85. The Morgan fingerprint density at radius 3 is 2.83 bits per heavy atom. The van der Waals surface area contributed by atoms with E-state index in [-0.39, 0.29) is 0 Å². The first kappa shape index (κ1) is 8.99. The minimum absolute atomic E-state index is 0.882. The van der Waals surface area contributed by atoms with Gasteiger partial charge < -0.3 is 0 Å². The first-order valence-electron chi connectivity index (χ1n) is 4.14. The molecule has 2 nitrogen and oxygen atoms in total. The SMILES string of the molecule is Brc1cn(CC2CCC2)nc1I. The van der Waals surface area contributed by atoms with Gasteiger partial charge in [0.2, 0.25) is 0 Å². The predicted octanol–water partition coefficient (Wildman–Crippen LogP) is 3.05. The van der Waals surface area contributed by atoms with Crippen molar-refractivity contribution in [1.82, 2.24) is 9.78 Å². The fraction of sp³-hybridized carbons (Fsp3) is 0.625. The van der Waals surface area contributed by atoms with Crippen LogP contribution in [-0.2, 0) is 6.54 Å². The van der Waals surface area contributed by atoms with Crippen LogP contribution in [0.2, 0.25) is 0 Å². The summed E-state index contributed by atoms with van der Waals surface area (Å²) < 4.78 is 4.23. The standard InChI is InChI=1S/C8H10BrIN2/c9-7-5-12(11-8(7)10)4-6-2-1-3-6/h5-6H,1-4H2. The van der Waals surface area contributed by atoms with Crippen LogP contribution >= 0.6 is 38.5 Å². The van der Waals surface area contributed by atoms with E-state index in [9.17, 15) is 0 Å². The lowest BCUT2D eigenvalue weighted by Gasteiger charge is -2.24. The molecule has 0 amide bonds. The quantitative estimate of drug-likeness (QED) is 0.757. The Balaban J connectivity index is 2.02. The van der Waals surface area contributed by atoms with Crippen molar-refractivity contribution in [3.05, 3.63) is 14.4 Å². The van der Waals surface area contributed by atoms with Gasteiger partial charge in [-0.05, 0) is 57.3 Å². The van der Waals surface area contributed by atoms with Gasteiger partial charge in [0, 0.05) is 12.7 Å². The van der Waals surface area contributed by atoms with E-state index < -0.39 is 0 Å². The highest BCUT2D eigenvalue weighted by molar-refractivity contribution is 14.1. The van der Waals surface area contributed by atoms with Gasteiger partial charge in [-0.15, -0.1) is 0 Å². The molecule has 0 unspecified atom stereocenters. The summed E-state index contributed by atoms with van der Waals surface area (Å²) in [5, 5.41) is 4.39. The van der Waals surface area contributed by atoms with E-state index in [2.05, 4.69) is 54.5 Å². The van der Waals surface area contributed by atoms with Crippen molar-refractivity contribution >= 4 is 38.5 Å². The summed E-state index contributed by atoms with van der Waals surface area (Å²) in [6.45, 7) is 1.10. The van der Waals surface area contributed by atoms with Crippen LogP contribution in [0.3, 0.4) is 0 Å². The Morgan fingerprint density at radius 2 is 2.42 bits per heavy atom. The highest BCUT2D eigenvalue weighted by atomic mass is 127. The molecular weight excluding hydrogens is 331 g/mol. The highest BCUT2D eigenvalue weighted by Crippen LogP contribution is 2.28. The summed E-state index contributed by atoms with van der Waals surface area (Å²) in [5.74, 6) is 0.882. The second-order valence-electron chi connectivity index (χ2n) is 3.29. The lowest BCUT2D eigenvalue weighted by molar-refractivity contribution is 0.266. The van der Waals surface area contributed by atoms with Crippen LogP contribution in [0.15, 0.2) is 10.7 Å². The fourth-order valence-corrected chi connectivity index (χ4v) is 2.14. The van der Waals surface area contributed by atoms with Gasteiger partial charge in [-0.2, -0.15) is 5.10 Å². The zero-order chi connectivity index (χ0) is 8.55. The molecule has 1 aliphatic carbocycles. The van der Waals surface area contributed by atoms with E-state index in [4.69, 9.17) is 0 Å². The molecule has 0 N–H and O–H groups in total. The van der Waals surface area contributed by atoms with E-state index >= 15 is 0 Å². The third-order valence-corrected chi connectivity index (χ3v) is 4.46. The van der Waals surface area contributed by atoms with Crippen molar-refractivity contribution in [1.29, 1.82) is 0 Å². The Hall–Kier alpha value is 0.420. The third-order valence-electron chi connectivity index (χ3n) is 2.35. The molecule has 0 bridgehead atoms. The number of nitrogens with zero attached hydrogens (tertiary/aromatic N) is 2. The van der Waals surface area contributed by atoms with Crippen LogP contribution in [0.25, 0.3) is 0 Å². The maximum absolute atomic E-state index is 4.39. The van der Waals surface area contributed by atoms with Crippen LogP contribution in [-0.4, -0.2) is 9.78 Å². The van der Waals surface area contributed by atoms with Gasteiger partial charge >= 0.3 is 0 Å². The average Bonchev–Trinajstić information content (AvgIpc) is 2.24. The van der Waals surface area contributed by atoms with E-state index in [1.165, 1.54) is 19.3 Å². The van der Waals surface area contributed by atoms with Crippen LogP contribution in [0.5, 0.6) is 0 Å². The number of hydrogen-bond acceptors (Lipinski definition) is 1. The first-order chi connectivity index (χ1) is 5.75. The fourth-order valence-electron chi connectivity index (χ4n) is 1.41. The molecule has 2 rings (SSSR count). The molecule has 0 aromatic carbocycles. The van der Waals surface area contributed by atoms with Crippen LogP contribution in [0.1, 0.15) is 19.3 Å². The minimum atomic E-state index is 0.882. The molecule has 0 atom stereocenters. The molecule has 1 saturated carbocycles. The molecule has 1 heterocycles. The molecule has 66 valence electrons.